The van der Waals surface area contributed by atoms with E-state index in [-0.39, 0.29) is 0 Å². The van der Waals surface area contributed by atoms with E-state index in [9.17, 15) is 0 Å². The summed E-state index contributed by atoms with van der Waals surface area (Å²) in [5.41, 5.74) is 0. The molecule has 0 saturated carbocycles. The minimum absolute atomic E-state index is 0.400. The molecule has 1 atom stereocenters. The van der Waals surface area contributed by atoms with Gasteiger partial charge in [-0.05, 0) is 57.9 Å². The van der Waals surface area contributed by atoms with E-state index in [4.69, 9.17) is 0 Å². The van der Waals surface area contributed by atoms with Crippen LogP contribution >= 0.6 is 38.6 Å². The molecule has 0 aliphatic heterocycles. The lowest BCUT2D eigenvalue weighted by molar-refractivity contribution is 0.539. The number of rotatable bonds is 6. The smallest absolute Gasteiger partial charge is 0.0464 e. The molecule has 110 valence electrons. The molecule has 1 nitrogen and oxygen atoms in total. The molecule has 0 fully saturated rings. The summed E-state index contributed by atoms with van der Waals surface area (Å²) in [6.07, 6.45) is 2.21. The van der Waals surface area contributed by atoms with Crippen molar-refractivity contribution in [2.45, 2.75) is 25.8 Å². The predicted molar refractivity (Wildman–Crippen MR) is 98.6 cm³/mol. The highest BCUT2D eigenvalue weighted by molar-refractivity contribution is 9.10. The maximum atomic E-state index is 3.71. The lowest BCUT2D eigenvalue weighted by atomic mass is 10.1. The van der Waals surface area contributed by atoms with Gasteiger partial charge in [0.15, 0.2) is 0 Å². The molecule has 2 heterocycles. The molecule has 2 aromatic heterocycles. The van der Waals surface area contributed by atoms with Crippen LogP contribution in [-0.4, -0.2) is 6.54 Å². The number of nitrogens with one attached hydrogen (secondary N) is 1. The van der Waals surface area contributed by atoms with Crippen LogP contribution in [0.15, 0.2) is 46.3 Å². The summed E-state index contributed by atoms with van der Waals surface area (Å²) < 4.78 is 2.61. The molecule has 0 spiro atoms. The topological polar surface area (TPSA) is 12.0 Å². The van der Waals surface area contributed by atoms with Crippen LogP contribution < -0.4 is 5.32 Å². The van der Waals surface area contributed by atoms with Crippen molar-refractivity contribution in [2.24, 2.45) is 0 Å². The summed E-state index contributed by atoms with van der Waals surface area (Å²) in [6.45, 7) is 3.28. The average molecular weight is 380 g/mol. The second-order valence-corrected chi connectivity index (χ2v) is 8.06. The first kappa shape index (κ1) is 15.2. The van der Waals surface area contributed by atoms with E-state index in [1.54, 1.807) is 0 Å². The molecule has 4 heteroatoms. The molecule has 0 aliphatic carbocycles. The molecular formula is C17H18BrNS2. The number of fused-ring (bicyclic) bond motifs is 1. The SMILES string of the molecule is CCCNC(Cc1sccc1Br)c1cc2ccccc2s1. The molecule has 21 heavy (non-hydrogen) atoms. The van der Waals surface area contributed by atoms with Crippen molar-refractivity contribution in [1.82, 2.24) is 5.32 Å². The third kappa shape index (κ3) is 3.57. The Balaban J connectivity index is 1.88. The maximum absolute atomic E-state index is 3.71. The minimum Gasteiger partial charge on any atom is -0.309 e. The van der Waals surface area contributed by atoms with Crippen LogP contribution in [0.2, 0.25) is 0 Å². The van der Waals surface area contributed by atoms with Gasteiger partial charge in [0, 0.05) is 31.4 Å². The van der Waals surface area contributed by atoms with Gasteiger partial charge in [-0.2, -0.15) is 0 Å². The minimum atomic E-state index is 0.400. The van der Waals surface area contributed by atoms with E-state index in [2.05, 4.69) is 69.9 Å². The van der Waals surface area contributed by atoms with E-state index < -0.39 is 0 Å². The Morgan fingerprint density at radius 1 is 1.24 bits per heavy atom. The summed E-state index contributed by atoms with van der Waals surface area (Å²) in [5, 5.41) is 7.22. The fourth-order valence-corrected chi connectivity index (χ4v) is 5.12. The molecule has 3 aromatic rings. The highest BCUT2D eigenvalue weighted by Gasteiger charge is 2.16. The van der Waals surface area contributed by atoms with Crippen molar-refractivity contribution in [3.05, 3.63) is 56.0 Å². The number of benzene rings is 1. The number of hydrogen-bond donors (Lipinski definition) is 1. The first-order valence-electron chi connectivity index (χ1n) is 7.21. The zero-order valence-corrected chi connectivity index (χ0v) is 15.2. The van der Waals surface area contributed by atoms with Crippen LogP contribution in [0.1, 0.15) is 29.1 Å². The van der Waals surface area contributed by atoms with E-state index in [1.807, 2.05) is 22.7 Å². The standard InChI is InChI=1S/C17H18BrNS2/c1-2-8-19-14(11-16-13(18)7-9-20-16)17-10-12-5-3-4-6-15(12)21-17/h3-7,9-10,14,19H,2,8,11H2,1H3. The molecule has 1 N–H and O–H groups in total. The second-order valence-electron chi connectivity index (χ2n) is 5.09. The molecule has 3 rings (SSSR count). The van der Waals surface area contributed by atoms with E-state index in [1.165, 1.54) is 24.3 Å². The summed E-state index contributed by atoms with van der Waals surface area (Å²) in [6, 6.07) is 13.5. The van der Waals surface area contributed by atoms with Crippen LogP contribution in [0.5, 0.6) is 0 Å². The quantitative estimate of drug-likeness (QED) is 0.552. The van der Waals surface area contributed by atoms with Gasteiger partial charge >= 0.3 is 0 Å². The molecule has 0 saturated heterocycles. The van der Waals surface area contributed by atoms with E-state index in [0.717, 1.165) is 19.4 Å². The van der Waals surface area contributed by atoms with Crippen LogP contribution in [0.3, 0.4) is 0 Å². The summed E-state index contributed by atoms with van der Waals surface area (Å²) in [5.74, 6) is 0. The van der Waals surface area contributed by atoms with Gasteiger partial charge < -0.3 is 5.32 Å². The largest absolute Gasteiger partial charge is 0.309 e. The Bertz CT molecular complexity index is 683. The molecule has 0 aliphatic rings. The van der Waals surface area contributed by atoms with Gasteiger partial charge in [0.05, 0.1) is 0 Å². The summed E-state index contributed by atoms with van der Waals surface area (Å²) in [4.78, 5) is 2.85. The lowest BCUT2D eigenvalue weighted by Crippen LogP contribution is -2.23. The first-order valence-corrected chi connectivity index (χ1v) is 9.70. The third-order valence-electron chi connectivity index (χ3n) is 3.51. The first-order chi connectivity index (χ1) is 10.3. The number of thiophene rings is 2. The van der Waals surface area contributed by atoms with Crippen molar-refractivity contribution < 1.29 is 0 Å². The number of halogens is 1. The van der Waals surface area contributed by atoms with Gasteiger partial charge in [-0.1, -0.05) is 25.1 Å². The highest BCUT2D eigenvalue weighted by Crippen LogP contribution is 2.34. The van der Waals surface area contributed by atoms with Crippen LogP contribution in [0, 0.1) is 0 Å². The Kier molecular flexibility index (Phi) is 5.11. The summed E-state index contributed by atoms with van der Waals surface area (Å²) >= 11 is 7.40. The summed E-state index contributed by atoms with van der Waals surface area (Å²) in [7, 11) is 0. The van der Waals surface area contributed by atoms with Crippen molar-refractivity contribution >= 4 is 48.7 Å². The number of hydrogen-bond acceptors (Lipinski definition) is 3. The highest BCUT2D eigenvalue weighted by atomic mass is 79.9. The van der Waals surface area contributed by atoms with Crippen LogP contribution in [0.4, 0.5) is 0 Å². The fourth-order valence-electron chi connectivity index (χ4n) is 2.42. The fraction of sp³-hybridized carbons (Fsp3) is 0.294. The van der Waals surface area contributed by atoms with E-state index >= 15 is 0 Å². The molecule has 1 unspecified atom stereocenters. The van der Waals surface area contributed by atoms with Crippen molar-refractivity contribution in [3.8, 4) is 0 Å². The van der Waals surface area contributed by atoms with Gasteiger partial charge in [-0.15, -0.1) is 22.7 Å². The van der Waals surface area contributed by atoms with Gasteiger partial charge in [-0.25, -0.2) is 0 Å². The lowest BCUT2D eigenvalue weighted by Gasteiger charge is -2.16. The van der Waals surface area contributed by atoms with Crippen molar-refractivity contribution in [3.63, 3.8) is 0 Å². The normalized spacial score (nSPS) is 12.9. The zero-order chi connectivity index (χ0) is 14.7. The Morgan fingerprint density at radius 3 is 2.81 bits per heavy atom. The predicted octanol–water partition coefficient (Wildman–Crippen LogP) is 6.01. The molecule has 0 bridgehead atoms. The zero-order valence-electron chi connectivity index (χ0n) is 11.9. The van der Waals surface area contributed by atoms with Crippen LogP contribution in [-0.2, 0) is 6.42 Å². The van der Waals surface area contributed by atoms with Crippen LogP contribution in [0.25, 0.3) is 10.1 Å². The Labute approximate surface area is 142 Å². The van der Waals surface area contributed by atoms with Crippen molar-refractivity contribution in [2.75, 3.05) is 6.54 Å². The van der Waals surface area contributed by atoms with E-state index in [0.29, 0.717) is 6.04 Å². The molecule has 0 radical (unpaired) electrons. The van der Waals surface area contributed by atoms with Gasteiger partial charge in [-0.3, -0.25) is 0 Å². The van der Waals surface area contributed by atoms with Crippen molar-refractivity contribution in [1.29, 1.82) is 0 Å². The molecular weight excluding hydrogens is 362 g/mol. The maximum Gasteiger partial charge on any atom is 0.0464 e. The molecule has 0 amide bonds. The average Bonchev–Trinajstić information content (AvgIpc) is 3.09. The Hall–Kier alpha value is -0.680. The van der Waals surface area contributed by atoms with Gasteiger partial charge in [0.25, 0.3) is 0 Å². The third-order valence-corrected chi connectivity index (χ3v) is 6.69. The van der Waals surface area contributed by atoms with Gasteiger partial charge in [0.1, 0.15) is 0 Å². The second kappa shape index (κ2) is 7.05. The molecule has 1 aromatic carbocycles. The van der Waals surface area contributed by atoms with Gasteiger partial charge in [0.2, 0.25) is 0 Å². The Morgan fingerprint density at radius 2 is 2.10 bits per heavy atom. The monoisotopic (exact) mass is 379 g/mol.